The van der Waals surface area contributed by atoms with Crippen LogP contribution >= 0.6 is 11.8 Å². The van der Waals surface area contributed by atoms with Crippen LogP contribution in [0.15, 0.2) is 23.0 Å². The van der Waals surface area contributed by atoms with Crippen molar-refractivity contribution in [3.8, 4) is 0 Å². The lowest BCUT2D eigenvalue weighted by Crippen LogP contribution is -2.46. The quantitative estimate of drug-likeness (QED) is 0.796. The van der Waals surface area contributed by atoms with Crippen molar-refractivity contribution >= 4 is 23.8 Å². The van der Waals surface area contributed by atoms with Gasteiger partial charge in [0.2, 0.25) is 0 Å². The van der Waals surface area contributed by atoms with E-state index in [0.717, 1.165) is 5.56 Å². The molecule has 0 saturated carbocycles. The first kappa shape index (κ1) is 15.4. The molecule has 0 aromatic carbocycles. The third kappa shape index (κ3) is 5.25. The topological polar surface area (TPSA) is 82.8 Å². The highest BCUT2D eigenvalue weighted by Gasteiger charge is 2.21. The summed E-state index contributed by atoms with van der Waals surface area (Å²) in [5.41, 5.74) is 0.855. The molecule has 0 bridgehead atoms. The number of carboxylic acid groups (broad SMARTS) is 1. The highest BCUT2D eigenvalue weighted by Crippen LogP contribution is 2.05. The zero-order valence-corrected chi connectivity index (χ0v) is 11.8. The monoisotopic (exact) mass is 286 g/mol. The van der Waals surface area contributed by atoms with Gasteiger partial charge in [-0.25, -0.2) is 9.59 Å². The van der Waals surface area contributed by atoms with E-state index in [4.69, 9.17) is 9.52 Å². The van der Waals surface area contributed by atoms with E-state index in [0.29, 0.717) is 18.7 Å². The van der Waals surface area contributed by atoms with Gasteiger partial charge in [0.05, 0.1) is 19.1 Å². The summed E-state index contributed by atoms with van der Waals surface area (Å²) in [6.45, 7) is 0.372. The SMILES string of the molecule is CSCCC(NC(=O)N(C)Cc1ccoc1)C(=O)O. The van der Waals surface area contributed by atoms with E-state index >= 15 is 0 Å². The predicted octanol–water partition coefficient (Wildman–Crippen LogP) is 1.63. The second-order valence-electron chi connectivity index (χ2n) is 4.11. The lowest BCUT2D eigenvalue weighted by atomic mass is 10.2. The standard InChI is InChI=1S/C12H18N2O4S/c1-14(7-9-3-5-18-8-9)12(17)13-10(11(15)16)4-6-19-2/h3,5,8,10H,4,6-7H2,1-2H3,(H,13,17)(H,15,16). The first-order chi connectivity index (χ1) is 9.04. The van der Waals surface area contributed by atoms with E-state index in [9.17, 15) is 9.59 Å². The number of amides is 2. The molecule has 6 nitrogen and oxygen atoms in total. The Bertz CT molecular complexity index is 408. The Morgan fingerprint density at radius 3 is 2.84 bits per heavy atom. The largest absolute Gasteiger partial charge is 0.480 e. The molecule has 1 unspecified atom stereocenters. The maximum Gasteiger partial charge on any atom is 0.326 e. The van der Waals surface area contributed by atoms with Gasteiger partial charge in [-0.15, -0.1) is 0 Å². The first-order valence-electron chi connectivity index (χ1n) is 5.79. The zero-order chi connectivity index (χ0) is 14.3. The molecule has 2 amide bonds. The van der Waals surface area contributed by atoms with Crippen LogP contribution in [0.5, 0.6) is 0 Å². The van der Waals surface area contributed by atoms with Crippen molar-refractivity contribution < 1.29 is 19.1 Å². The summed E-state index contributed by atoms with van der Waals surface area (Å²) in [5, 5.41) is 11.5. The van der Waals surface area contributed by atoms with Gasteiger partial charge in [0, 0.05) is 12.6 Å². The van der Waals surface area contributed by atoms with Crippen molar-refractivity contribution in [2.45, 2.75) is 19.0 Å². The number of hydrogen-bond donors (Lipinski definition) is 2. The van der Waals surface area contributed by atoms with E-state index in [-0.39, 0.29) is 0 Å². The van der Waals surface area contributed by atoms with Gasteiger partial charge in [-0.2, -0.15) is 11.8 Å². The number of nitrogens with one attached hydrogen (secondary N) is 1. The molecule has 0 radical (unpaired) electrons. The Morgan fingerprint density at radius 2 is 2.32 bits per heavy atom. The maximum atomic E-state index is 11.9. The fourth-order valence-electron chi connectivity index (χ4n) is 1.48. The molecule has 1 atom stereocenters. The molecule has 1 aromatic heterocycles. The smallest absolute Gasteiger partial charge is 0.326 e. The number of nitrogens with zero attached hydrogens (tertiary/aromatic N) is 1. The molecule has 2 N–H and O–H groups in total. The predicted molar refractivity (Wildman–Crippen MR) is 73.1 cm³/mol. The van der Waals surface area contributed by atoms with Crippen LogP contribution in [0.4, 0.5) is 4.79 Å². The van der Waals surface area contributed by atoms with Crippen LogP contribution in [-0.4, -0.2) is 47.1 Å². The van der Waals surface area contributed by atoms with Gasteiger partial charge in [-0.3, -0.25) is 0 Å². The molecule has 0 aliphatic carbocycles. The molecule has 1 aromatic rings. The number of rotatable bonds is 7. The molecule has 0 fully saturated rings. The normalized spacial score (nSPS) is 11.9. The average molecular weight is 286 g/mol. The number of furan rings is 1. The van der Waals surface area contributed by atoms with E-state index in [1.54, 1.807) is 31.1 Å². The van der Waals surface area contributed by atoms with Gasteiger partial charge >= 0.3 is 12.0 Å². The summed E-state index contributed by atoms with van der Waals surface area (Å²) in [5.74, 6) is -0.331. The molecule has 106 valence electrons. The van der Waals surface area contributed by atoms with Gasteiger partial charge in [0.1, 0.15) is 6.04 Å². The molecule has 0 aliphatic rings. The second kappa shape index (κ2) is 7.73. The van der Waals surface area contributed by atoms with Crippen LogP contribution in [0, 0.1) is 0 Å². The third-order valence-corrected chi connectivity index (χ3v) is 3.20. The number of aliphatic carboxylic acids is 1. The summed E-state index contributed by atoms with van der Waals surface area (Å²) in [7, 11) is 1.61. The van der Waals surface area contributed by atoms with Gasteiger partial charge in [0.25, 0.3) is 0 Å². The summed E-state index contributed by atoms with van der Waals surface area (Å²) in [6.07, 6.45) is 5.37. The van der Waals surface area contributed by atoms with Crippen molar-refractivity contribution in [1.29, 1.82) is 0 Å². The Morgan fingerprint density at radius 1 is 1.58 bits per heavy atom. The number of thioether (sulfide) groups is 1. The number of carbonyl (C=O) groups excluding carboxylic acids is 1. The molecule has 7 heteroatoms. The molecule has 0 aliphatic heterocycles. The lowest BCUT2D eigenvalue weighted by Gasteiger charge is -2.20. The number of urea groups is 1. The Hall–Kier alpha value is -1.63. The van der Waals surface area contributed by atoms with Crippen LogP contribution in [0.3, 0.4) is 0 Å². The summed E-state index contributed by atoms with van der Waals surface area (Å²) in [6, 6.07) is 0.494. The van der Waals surface area contributed by atoms with Crippen molar-refractivity contribution in [2.24, 2.45) is 0 Å². The minimum Gasteiger partial charge on any atom is -0.480 e. The van der Waals surface area contributed by atoms with E-state index in [1.165, 1.54) is 11.2 Å². The molecule has 0 saturated heterocycles. The molecule has 1 heterocycles. The minimum atomic E-state index is -1.01. The van der Waals surface area contributed by atoms with Crippen molar-refractivity contribution in [2.75, 3.05) is 19.1 Å². The molecule has 1 rings (SSSR count). The molecule has 0 spiro atoms. The van der Waals surface area contributed by atoms with E-state index in [2.05, 4.69) is 5.32 Å². The average Bonchev–Trinajstić information content (AvgIpc) is 2.86. The minimum absolute atomic E-state index is 0.372. The lowest BCUT2D eigenvalue weighted by molar-refractivity contribution is -0.139. The van der Waals surface area contributed by atoms with Crippen LogP contribution in [-0.2, 0) is 11.3 Å². The van der Waals surface area contributed by atoms with Gasteiger partial charge in [0.15, 0.2) is 0 Å². The summed E-state index contributed by atoms with van der Waals surface area (Å²) >= 11 is 1.55. The fourth-order valence-corrected chi connectivity index (χ4v) is 1.95. The Kier molecular flexibility index (Phi) is 6.27. The number of carboxylic acids is 1. The Labute approximate surface area is 116 Å². The van der Waals surface area contributed by atoms with Crippen molar-refractivity contribution in [1.82, 2.24) is 10.2 Å². The molecule has 19 heavy (non-hydrogen) atoms. The highest BCUT2D eigenvalue weighted by molar-refractivity contribution is 7.98. The summed E-state index contributed by atoms with van der Waals surface area (Å²) < 4.78 is 4.91. The van der Waals surface area contributed by atoms with E-state index in [1.807, 2.05) is 6.26 Å². The van der Waals surface area contributed by atoms with E-state index < -0.39 is 18.0 Å². The van der Waals surface area contributed by atoms with Gasteiger partial charge < -0.3 is 19.7 Å². The third-order valence-electron chi connectivity index (χ3n) is 2.55. The van der Waals surface area contributed by atoms with Gasteiger partial charge in [-0.05, 0) is 24.5 Å². The van der Waals surface area contributed by atoms with Crippen LogP contribution < -0.4 is 5.32 Å². The molecular weight excluding hydrogens is 268 g/mol. The zero-order valence-electron chi connectivity index (χ0n) is 11.0. The maximum absolute atomic E-state index is 11.9. The number of hydrogen-bond acceptors (Lipinski definition) is 4. The highest BCUT2D eigenvalue weighted by atomic mass is 32.2. The van der Waals surface area contributed by atoms with Crippen LogP contribution in [0.1, 0.15) is 12.0 Å². The fraction of sp³-hybridized carbons (Fsp3) is 0.500. The van der Waals surface area contributed by atoms with Crippen LogP contribution in [0.25, 0.3) is 0 Å². The van der Waals surface area contributed by atoms with Crippen molar-refractivity contribution in [3.05, 3.63) is 24.2 Å². The number of carbonyl (C=O) groups is 2. The van der Waals surface area contributed by atoms with Crippen LogP contribution in [0.2, 0.25) is 0 Å². The first-order valence-corrected chi connectivity index (χ1v) is 7.18. The second-order valence-corrected chi connectivity index (χ2v) is 5.10. The summed E-state index contributed by atoms with van der Waals surface area (Å²) in [4.78, 5) is 24.3. The van der Waals surface area contributed by atoms with Crippen molar-refractivity contribution in [3.63, 3.8) is 0 Å². The Balaban J connectivity index is 2.48. The van der Waals surface area contributed by atoms with Gasteiger partial charge in [-0.1, -0.05) is 0 Å². The molecular formula is C12H18N2O4S.